The van der Waals surface area contributed by atoms with E-state index >= 15 is 0 Å². The predicted molar refractivity (Wildman–Crippen MR) is 67.9 cm³/mol. The average Bonchev–Trinajstić information content (AvgIpc) is 2.31. The molecule has 3 N–H and O–H groups in total. The molecule has 0 saturated carbocycles. The van der Waals surface area contributed by atoms with E-state index in [-0.39, 0.29) is 0 Å². The molecule has 3 nitrogen and oxygen atoms in total. The van der Waals surface area contributed by atoms with Gasteiger partial charge in [-0.15, -0.1) is 0 Å². The zero-order chi connectivity index (χ0) is 11.6. The van der Waals surface area contributed by atoms with E-state index in [4.69, 9.17) is 10.5 Å². The Morgan fingerprint density at radius 3 is 2.56 bits per heavy atom. The molecule has 0 saturated heterocycles. The Kier molecular flexibility index (Phi) is 6.61. The molecule has 0 radical (unpaired) electrons. The van der Waals surface area contributed by atoms with Crippen LogP contribution in [0.15, 0.2) is 24.3 Å². The lowest BCUT2D eigenvalue weighted by atomic mass is 10.1. The second-order valence-electron chi connectivity index (χ2n) is 3.72. The molecule has 0 unspecified atom stereocenters. The van der Waals surface area contributed by atoms with Gasteiger partial charge in [0.2, 0.25) is 0 Å². The second-order valence-corrected chi connectivity index (χ2v) is 3.72. The molecule has 0 bridgehead atoms. The molecule has 1 rings (SSSR count). The zero-order valence-corrected chi connectivity index (χ0v) is 10.0. The molecule has 16 heavy (non-hydrogen) atoms. The van der Waals surface area contributed by atoms with Gasteiger partial charge in [-0.3, -0.25) is 0 Å². The maximum Gasteiger partial charge on any atom is 0.119 e. The summed E-state index contributed by atoms with van der Waals surface area (Å²) in [5.74, 6) is 0.947. The molecular formula is C13H22N2O. The quantitative estimate of drug-likeness (QED) is 0.656. The van der Waals surface area contributed by atoms with Crippen molar-refractivity contribution < 1.29 is 4.74 Å². The van der Waals surface area contributed by atoms with Crippen LogP contribution in [-0.4, -0.2) is 26.2 Å². The molecule has 0 aromatic heterocycles. The summed E-state index contributed by atoms with van der Waals surface area (Å²) in [6, 6.07) is 8.29. The highest BCUT2D eigenvalue weighted by atomic mass is 16.5. The summed E-state index contributed by atoms with van der Waals surface area (Å²) >= 11 is 0. The summed E-state index contributed by atoms with van der Waals surface area (Å²) in [6.45, 7) is 5.49. The number of hydrogen-bond acceptors (Lipinski definition) is 3. The third kappa shape index (κ3) is 5.14. The van der Waals surface area contributed by atoms with Crippen LogP contribution in [0.3, 0.4) is 0 Å². The van der Waals surface area contributed by atoms with E-state index in [9.17, 15) is 0 Å². The van der Waals surface area contributed by atoms with Crippen LogP contribution in [-0.2, 0) is 6.42 Å². The van der Waals surface area contributed by atoms with Gasteiger partial charge in [0.1, 0.15) is 5.75 Å². The largest absolute Gasteiger partial charge is 0.494 e. The highest BCUT2D eigenvalue weighted by molar-refractivity contribution is 5.27. The molecule has 90 valence electrons. The third-order valence-corrected chi connectivity index (χ3v) is 2.38. The molecular weight excluding hydrogens is 200 g/mol. The first-order valence-corrected chi connectivity index (χ1v) is 5.99. The lowest BCUT2D eigenvalue weighted by molar-refractivity contribution is 0.340. The lowest BCUT2D eigenvalue weighted by Crippen LogP contribution is -2.20. The molecule has 0 fully saturated rings. The fourth-order valence-electron chi connectivity index (χ4n) is 1.50. The normalized spacial score (nSPS) is 10.4. The van der Waals surface area contributed by atoms with E-state index in [0.717, 1.165) is 44.8 Å². The van der Waals surface area contributed by atoms with Crippen LogP contribution in [0.25, 0.3) is 0 Å². The molecule has 0 atom stereocenters. The molecule has 0 aliphatic carbocycles. The van der Waals surface area contributed by atoms with E-state index in [2.05, 4.69) is 17.4 Å². The maximum atomic E-state index is 5.41. The highest BCUT2D eigenvalue weighted by Crippen LogP contribution is 2.12. The summed E-state index contributed by atoms with van der Waals surface area (Å²) in [5.41, 5.74) is 6.75. The number of nitrogens with two attached hydrogens (primary N) is 1. The summed E-state index contributed by atoms with van der Waals surface area (Å²) in [7, 11) is 0. The van der Waals surface area contributed by atoms with Crippen LogP contribution in [0.1, 0.15) is 18.9 Å². The minimum atomic E-state index is 0.722. The summed E-state index contributed by atoms with van der Waals surface area (Å²) in [4.78, 5) is 0. The monoisotopic (exact) mass is 222 g/mol. The van der Waals surface area contributed by atoms with Crippen molar-refractivity contribution in [1.82, 2.24) is 5.32 Å². The van der Waals surface area contributed by atoms with E-state index in [1.165, 1.54) is 5.56 Å². The van der Waals surface area contributed by atoms with E-state index < -0.39 is 0 Å². The Hall–Kier alpha value is -1.06. The number of benzene rings is 1. The van der Waals surface area contributed by atoms with Gasteiger partial charge in [-0.2, -0.15) is 0 Å². The SMILES string of the molecule is CCOc1ccc(CCNCCCN)cc1. The van der Waals surface area contributed by atoms with Gasteiger partial charge in [0.25, 0.3) is 0 Å². The minimum Gasteiger partial charge on any atom is -0.494 e. The second kappa shape index (κ2) is 8.13. The lowest BCUT2D eigenvalue weighted by Gasteiger charge is -2.06. The van der Waals surface area contributed by atoms with Gasteiger partial charge in [-0.1, -0.05) is 12.1 Å². The van der Waals surface area contributed by atoms with Crippen LogP contribution < -0.4 is 15.8 Å². The van der Waals surface area contributed by atoms with Gasteiger partial charge in [0, 0.05) is 0 Å². The van der Waals surface area contributed by atoms with Crippen molar-refractivity contribution in [3.63, 3.8) is 0 Å². The van der Waals surface area contributed by atoms with Gasteiger partial charge in [-0.25, -0.2) is 0 Å². The van der Waals surface area contributed by atoms with Crippen molar-refractivity contribution in [2.45, 2.75) is 19.8 Å². The van der Waals surface area contributed by atoms with Gasteiger partial charge in [0.15, 0.2) is 0 Å². The Morgan fingerprint density at radius 1 is 1.19 bits per heavy atom. The van der Waals surface area contributed by atoms with Crippen LogP contribution in [0, 0.1) is 0 Å². The Labute approximate surface area is 98.0 Å². The van der Waals surface area contributed by atoms with Crippen molar-refractivity contribution in [2.75, 3.05) is 26.2 Å². The van der Waals surface area contributed by atoms with Crippen molar-refractivity contribution in [2.24, 2.45) is 5.73 Å². The molecule has 0 aliphatic rings. The highest BCUT2D eigenvalue weighted by Gasteiger charge is 1.94. The van der Waals surface area contributed by atoms with Crippen LogP contribution >= 0.6 is 0 Å². The molecule has 0 aliphatic heterocycles. The van der Waals surface area contributed by atoms with Gasteiger partial charge in [-0.05, 0) is 57.1 Å². The van der Waals surface area contributed by atoms with Crippen LogP contribution in [0.4, 0.5) is 0 Å². The number of ether oxygens (including phenoxy) is 1. The minimum absolute atomic E-state index is 0.722. The maximum absolute atomic E-state index is 5.41. The summed E-state index contributed by atoms with van der Waals surface area (Å²) in [6.07, 6.45) is 2.10. The first-order chi connectivity index (χ1) is 7.86. The van der Waals surface area contributed by atoms with Crippen LogP contribution in [0.5, 0.6) is 5.75 Å². The predicted octanol–water partition coefficient (Wildman–Crippen LogP) is 1.57. The van der Waals surface area contributed by atoms with E-state index in [1.54, 1.807) is 0 Å². The smallest absolute Gasteiger partial charge is 0.119 e. The fourth-order valence-corrected chi connectivity index (χ4v) is 1.50. The summed E-state index contributed by atoms with van der Waals surface area (Å²) < 4.78 is 5.39. The number of hydrogen-bond donors (Lipinski definition) is 2. The molecule has 0 spiro atoms. The van der Waals surface area contributed by atoms with Gasteiger partial charge < -0.3 is 15.8 Å². The van der Waals surface area contributed by atoms with E-state index in [1.807, 2.05) is 19.1 Å². The molecule has 0 amide bonds. The van der Waals surface area contributed by atoms with Crippen LogP contribution in [0.2, 0.25) is 0 Å². The van der Waals surface area contributed by atoms with E-state index in [0.29, 0.717) is 0 Å². The topological polar surface area (TPSA) is 47.3 Å². The van der Waals surface area contributed by atoms with Gasteiger partial charge in [0.05, 0.1) is 6.61 Å². The molecule has 3 heteroatoms. The molecule has 1 aromatic carbocycles. The number of nitrogens with one attached hydrogen (secondary N) is 1. The van der Waals surface area contributed by atoms with Crippen molar-refractivity contribution >= 4 is 0 Å². The van der Waals surface area contributed by atoms with Crippen molar-refractivity contribution in [1.29, 1.82) is 0 Å². The average molecular weight is 222 g/mol. The first kappa shape index (κ1) is 13.0. The van der Waals surface area contributed by atoms with Gasteiger partial charge >= 0.3 is 0 Å². The Bertz CT molecular complexity index is 272. The first-order valence-electron chi connectivity index (χ1n) is 5.99. The standard InChI is InChI=1S/C13H22N2O/c1-2-16-13-6-4-12(5-7-13)8-11-15-10-3-9-14/h4-7,15H,2-3,8-11,14H2,1H3. The Morgan fingerprint density at radius 2 is 1.94 bits per heavy atom. The summed E-state index contributed by atoms with van der Waals surface area (Å²) in [5, 5.41) is 3.36. The zero-order valence-electron chi connectivity index (χ0n) is 10.0. The molecule has 1 aromatic rings. The van der Waals surface area contributed by atoms with Crippen molar-refractivity contribution in [3.05, 3.63) is 29.8 Å². The third-order valence-electron chi connectivity index (χ3n) is 2.38. The number of rotatable bonds is 8. The fraction of sp³-hybridized carbons (Fsp3) is 0.538. The molecule has 0 heterocycles. The Balaban J connectivity index is 2.21. The van der Waals surface area contributed by atoms with Crippen molar-refractivity contribution in [3.8, 4) is 5.75 Å².